The van der Waals surface area contributed by atoms with Gasteiger partial charge < -0.3 is 15.0 Å². The summed E-state index contributed by atoms with van der Waals surface area (Å²) in [6, 6.07) is 13.2. The van der Waals surface area contributed by atoms with Crippen molar-refractivity contribution in [3.8, 4) is 5.88 Å². The van der Waals surface area contributed by atoms with Crippen molar-refractivity contribution in [1.82, 2.24) is 15.2 Å². The highest BCUT2D eigenvalue weighted by Crippen LogP contribution is 2.47. The molecule has 0 radical (unpaired) electrons. The number of pyridine rings is 1. The fraction of sp³-hybridized carbons (Fsp3) is 0.381. The second kappa shape index (κ2) is 7.83. The molecule has 3 heterocycles. The summed E-state index contributed by atoms with van der Waals surface area (Å²) in [5.74, 6) is 1.15. The van der Waals surface area contributed by atoms with Crippen LogP contribution in [0.25, 0.3) is 0 Å². The van der Waals surface area contributed by atoms with Crippen LogP contribution < -0.4 is 10.1 Å². The maximum Gasteiger partial charge on any atom is 0.243 e. The van der Waals surface area contributed by atoms with Gasteiger partial charge in [0.1, 0.15) is 12.6 Å². The maximum atomic E-state index is 12.7. The first kappa shape index (κ1) is 18.8. The van der Waals surface area contributed by atoms with E-state index in [1.54, 1.807) is 22.9 Å². The Kier molecular flexibility index (Phi) is 5.26. The number of aromatic nitrogens is 1. The lowest BCUT2D eigenvalue weighted by molar-refractivity contribution is -0.138. The summed E-state index contributed by atoms with van der Waals surface area (Å²) in [4.78, 5) is 30.6. The number of amides is 2. The Bertz CT molecular complexity index is 876. The van der Waals surface area contributed by atoms with Crippen LogP contribution in [0.5, 0.6) is 5.88 Å². The molecule has 1 aromatic heterocycles. The molecule has 2 saturated heterocycles. The van der Waals surface area contributed by atoms with Crippen LogP contribution in [0.3, 0.4) is 0 Å². The van der Waals surface area contributed by atoms with Crippen LogP contribution in [0.4, 0.5) is 0 Å². The van der Waals surface area contributed by atoms with E-state index in [1.807, 2.05) is 42.5 Å². The van der Waals surface area contributed by atoms with E-state index in [4.69, 9.17) is 4.74 Å². The molecule has 0 bridgehead atoms. The van der Waals surface area contributed by atoms with Crippen LogP contribution in [0.1, 0.15) is 30.9 Å². The Morgan fingerprint density at radius 1 is 1.32 bits per heavy atom. The summed E-state index contributed by atoms with van der Waals surface area (Å²) < 4.78 is 5.74. The molecule has 4 rings (SSSR count). The Balaban J connectivity index is 1.33. The van der Waals surface area contributed by atoms with E-state index in [-0.39, 0.29) is 22.7 Å². The van der Waals surface area contributed by atoms with Crippen molar-refractivity contribution in [2.24, 2.45) is 0 Å². The molecular weight excluding hydrogens is 374 g/mol. The molecule has 28 heavy (non-hydrogen) atoms. The number of benzene rings is 1. The summed E-state index contributed by atoms with van der Waals surface area (Å²) in [6.45, 7) is 2.87. The smallest absolute Gasteiger partial charge is 0.243 e. The van der Waals surface area contributed by atoms with E-state index in [0.717, 1.165) is 17.5 Å². The molecule has 0 spiro atoms. The number of nitrogens with zero attached hydrogens (tertiary/aromatic N) is 2. The lowest BCUT2D eigenvalue weighted by atomic mass is 10.2. The first-order valence-electron chi connectivity index (χ1n) is 9.41. The lowest BCUT2D eigenvalue weighted by Gasteiger charge is -2.29. The number of fused-ring (bicyclic) bond motifs is 1. The van der Waals surface area contributed by atoms with Gasteiger partial charge in [0.2, 0.25) is 17.7 Å². The largest absolute Gasteiger partial charge is 0.473 e. The van der Waals surface area contributed by atoms with Crippen LogP contribution in [-0.2, 0) is 22.7 Å². The molecule has 2 aromatic rings. The second-order valence-corrected chi connectivity index (χ2v) is 8.76. The average molecular weight is 398 g/mol. The Morgan fingerprint density at radius 2 is 2.14 bits per heavy atom. The minimum absolute atomic E-state index is 0.0770. The van der Waals surface area contributed by atoms with Gasteiger partial charge >= 0.3 is 0 Å². The molecule has 7 heteroatoms. The van der Waals surface area contributed by atoms with Crippen molar-refractivity contribution in [3.05, 3.63) is 59.8 Å². The van der Waals surface area contributed by atoms with Crippen molar-refractivity contribution < 1.29 is 14.3 Å². The van der Waals surface area contributed by atoms with Gasteiger partial charge in [-0.05, 0) is 30.5 Å². The monoisotopic (exact) mass is 397 g/mol. The molecular formula is C21H23N3O3S. The number of thioether (sulfide) groups is 1. The lowest BCUT2D eigenvalue weighted by Crippen LogP contribution is -2.49. The summed E-state index contributed by atoms with van der Waals surface area (Å²) in [6.07, 6.45) is 3.01. The summed E-state index contributed by atoms with van der Waals surface area (Å²) in [5.41, 5.74) is 1.98. The summed E-state index contributed by atoms with van der Waals surface area (Å²) in [5, 5.41) is 2.96. The fourth-order valence-electron chi connectivity index (χ4n) is 3.69. The third-order valence-corrected chi connectivity index (χ3v) is 6.75. The highest BCUT2D eigenvalue weighted by molar-refractivity contribution is 8.01. The van der Waals surface area contributed by atoms with Gasteiger partial charge in [-0.3, -0.25) is 9.59 Å². The average Bonchev–Trinajstić information content (AvgIpc) is 3.21. The van der Waals surface area contributed by atoms with E-state index >= 15 is 0 Å². The number of carbonyl (C=O) groups excluding carboxylic acids is 2. The highest BCUT2D eigenvalue weighted by atomic mass is 32.2. The van der Waals surface area contributed by atoms with Crippen LogP contribution in [0, 0.1) is 0 Å². The molecule has 2 fully saturated rings. The predicted octanol–water partition coefficient (Wildman–Crippen LogP) is 2.73. The van der Waals surface area contributed by atoms with E-state index in [9.17, 15) is 9.59 Å². The number of hydrogen-bond donors (Lipinski definition) is 1. The molecule has 146 valence electrons. The van der Waals surface area contributed by atoms with Crippen LogP contribution >= 0.6 is 11.8 Å². The van der Waals surface area contributed by atoms with Crippen LogP contribution in [-0.4, -0.2) is 38.4 Å². The molecule has 0 aliphatic carbocycles. The molecule has 2 aliphatic heterocycles. The Hall–Kier alpha value is -2.54. The minimum Gasteiger partial charge on any atom is -0.473 e. The predicted molar refractivity (Wildman–Crippen MR) is 108 cm³/mol. The van der Waals surface area contributed by atoms with Gasteiger partial charge in [-0.25, -0.2) is 4.98 Å². The van der Waals surface area contributed by atoms with Crippen molar-refractivity contribution in [2.45, 2.75) is 43.8 Å². The zero-order chi connectivity index (χ0) is 19.6. The van der Waals surface area contributed by atoms with Crippen LogP contribution in [0.15, 0.2) is 48.7 Å². The zero-order valence-electron chi connectivity index (χ0n) is 15.8. The van der Waals surface area contributed by atoms with Crippen molar-refractivity contribution in [3.63, 3.8) is 0 Å². The number of nitrogens with one attached hydrogen (secondary N) is 1. The molecule has 2 amide bonds. The standard InChI is InChI=1S/C21H23N3O3S/c1-21-9-7-19(25)24(21)17(14-28-21)20(26)23-12-16-8-10-22-18(11-16)27-13-15-5-3-2-4-6-15/h2-6,8,10-11,17H,7,9,12-14H2,1H3,(H,23,26)/t17-,21+/m1/s1. The van der Waals surface area contributed by atoms with Gasteiger partial charge in [0.05, 0.1) is 4.87 Å². The Morgan fingerprint density at radius 3 is 2.96 bits per heavy atom. The molecule has 1 aromatic carbocycles. The highest BCUT2D eigenvalue weighted by Gasteiger charge is 2.52. The zero-order valence-corrected chi connectivity index (χ0v) is 16.6. The number of carbonyl (C=O) groups is 2. The van der Waals surface area contributed by atoms with Crippen molar-refractivity contribution in [1.29, 1.82) is 0 Å². The number of ether oxygens (including phenoxy) is 1. The molecule has 2 atom stereocenters. The summed E-state index contributed by atoms with van der Waals surface area (Å²) in [7, 11) is 0. The SMILES string of the molecule is C[C@]12CCC(=O)N1[C@@H](C(=O)NCc1ccnc(OCc3ccccc3)c1)CS2. The number of hydrogen-bond acceptors (Lipinski definition) is 5. The van der Waals surface area contributed by atoms with Gasteiger partial charge in [-0.1, -0.05) is 30.3 Å². The third-order valence-electron chi connectivity index (χ3n) is 5.24. The van der Waals surface area contributed by atoms with Gasteiger partial charge in [-0.2, -0.15) is 0 Å². The van der Waals surface area contributed by atoms with Gasteiger partial charge in [0.15, 0.2) is 0 Å². The Labute approximate surface area is 168 Å². The molecule has 2 aliphatic rings. The van der Waals surface area contributed by atoms with Gasteiger partial charge in [0.25, 0.3) is 0 Å². The quantitative estimate of drug-likeness (QED) is 0.812. The minimum atomic E-state index is -0.388. The molecule has 1 N–H and O–H groups in total. The first-order valence-corrected chi connectivity index (χ1v) is 10.4. The van der Waals surface area contributed by atoms with E-state index in [2.05, 4.69) is 17.2 Å². The molecule has 6 nitrogen and oxygen atoms in total. The van der Waals surface area contributed by atoms with Crippen molar-refractivity contribution in [2.75, 3.05) is 5.75 Å². The fourth-order valence-corrected chi connectivity index (χ4v) is 5.12. The van der Waals surface area contributed by atoms with E-state index in [1.165, 1.54) is 0 Å². The van der Waals surface area contributed by atoms with Gasteiger partial charge in [0, 0.05) is 31.0 Å². The number of rotatable bonds is 6. The van der Waals surface area contributed by atoms with Crippen molar-refractivity contribution >= 4 is 23.6 Å². The van der Waals surface area contributed by atoms with Crippen LogP contribution in [0.2, 0.25) is 0 Å². The van der Waals surface area contributed by atoms with E-state index < -0.39 is 0 Å². The second-order valence-electron chi connectivity index (χ2n) is 7.26. The summed E-state index contributed by atoms with van der Waals surface area (Å²) >= 11 is 1.70. The maximum absolute atomic E-state index is 12.7. The normalized spacial score (nSPS) is 23.5. The molecule has 0 saturated carbocycles. The van der Waals surface area contributed by atoms with E-state index in [0.29, 0.717) is 31.2 Å². The third kappa shape index (κ3) is 3.85. The van der Waals surface area contributed by atoms with Gasteiger partial charge in [-0.15, -0.1) is 11.8 Å². The molecule has 0 unspecified atom stereocenters. The topological polar surface area (TPSA) is 71.5 Å². The first-order chi connectivity index (χ1) is 13.5.